The number of rotatable bonds is 9. The van der Waals surface area contributed by atoms with Crippen LogP contribution >= 0.6 is 0 Å². The van der Waals surface area contributed by atoms with Crippen LogP contribution in [-0.2, 0) is 11.3 Å². The number of carbonyl (C=O) groups excluding carboxylic acids is 1. The number of carbonyl (C=O) groups is 1. The summed E-state index contributed by atoms with van der Waals surface area (Å²) in [6, 6.07) is 16.9. The summed E-state index contributed by atoms with van der Waals surface area (Å²) in [4.78, 5) is 16.1. The SMILES string of the molecule is CC(=O)Nc1ccc(CNCCCCN2CCN(c3cccc(C)c3)CC2)cc1. The molecule has 0 atom stereocenters. The van der Waals surface area contributed by atoms with E-state index in [1.54, 1.807) is 0 Å². The molecule has 1 saturated heterocycles. The molecule has 1 amide bonds. The second-order valence-corrected chi connectivity index (χ2v) is 7.93. The summed E-state index contributed by atoms with van der Waals surface area (Å²) in [5.41, 5.74) is 4.79. The number of hydrogen-bond donors (Lipinski definition) is 2. The fourth-order valence-electron chi connectivity index (χ4n) is 3.78. The average Bonchev–Trinajstić information content (AvgIpc) is 2.72. The van der Waals surface area contributed by atoms with Gasteiger partial charge in [-0.25, -0.2) is 0 Å². The molecule has 2 aromatic rings. The van der Waals surface area contributed by atoms with Crippen LogP contribution in [0.25, 0.3) is 0 Å². The molecule has 0 aliphatic carbocycles. The van der Waals surface area contributed by atoms with E-state index < -0.39 is 0 Å². The Morgan fingerprint density at radius 3 is 2.45 bits per heavy atom. The Kier molecular flexibility index (Phi) is 8.08. The van der Waals surface area contributed by atoms with Gasteiger partial charge in [0.25, 0.3) is 0 Å². The Balaban J connectivity index is 1.25. The summed E-state index contributed by atoms with van der Waals surface area (Å²) in [7, 11) is 0. The van der Waals surface area contributed by atoms with Crippen LogP contribution in [0.2, 0.25) is 0 Å². The van der Waals surface area contributed by atoms with Gasteiger partial charge in [-0.1, -0.05) is 24.3 Å². The van der Waals surface area contributed by atoms with Gasteiger partial charge in [-0.15, -0.1) is 0 Å². The van der Waals surface area contributed by atoms with Crippen molar-refractivity contribution in [3.8, 4) is 0 Å². The minimum absolute atomic E-state index is 0.0348. The van der Waals surface area contributed by atoms with E-state index in [2.05, 4.69) is 63.8 Å². The lowest BCUT2D eigenvalue weighted by Crippen LogP contribution is -2.46. The van der Waals surface area contributed by atoms with E-state index in [9.17, 15) is 4.79 Å². The molecule has 0 unspecified atom stereocenters. The molecule has 1 aliphatic rings. The van der Waals surface area contributed by atoms with Crippen molar-refractivity contribution in [2.45, 2.75) is 33.2 Å². The van der Waals surface area contributed by atoms with Gasteiger partial charge in [0, 0.05) is 51.0 Å². The summed E-state index contributed by atoms with van der Waals surface area (Å²) in [5, 5.41) is 6.31. The van der Waals surface area contributed by atoms with E-state index in [1.807, 2.05) is 12.1 Å². The summed E-state index contributed by atoms with van der Waals surface area (Å²) >= 11 is 0. The van der Waals surface area contributed by atoms with Gasteiger partial charge in [0.1, 0.15) is 0 Å². The number of amides is 1. The normalized spacial score (nSPS) is 14.8. The van der Waals surface area contributed by atoms with Crippen molar-refractivity contribution in [3.05, 3.63) is 59.7 Å². The average molecular weight is 395 g/mol. The van der Waals surface area contributed by atoms with Crippen molar-refractivity contribution < 1.29 is 4.79 Å². The second kappa shape index (κ2) is 11.0. The van der Waals surface area contributed by atoms with Crippen LogP contribution in [0, 0.1) is 6.92 Å². The van der Waals surface area contributed by atoms with Gasteiger partial charge in [-0.05, 0) is 68.2 Å². The van der Waals surface area contributed by atoms with Crippen molar-refractivity contribution >= 4 is 17.3 Å². The monoisotopic (exact) mass is 394 g/mol. The van der Waals surface area contributed by atoms with Gasteiger partial charge >= 0.3 is 0 Å². The first kappa shape index (κ1) is 21.3. The van der Waals surface area contributed by atoms with Crippen molar-refractivity contribution in [1.82, 2.24) is 10.2 Å². The van der Waals surface area contributed by atoms with Gasteiger partial charge in [-0.2, -0.15) is 0 Å². The van der Waals surface area contributed by atoms with Crippen LogP contribution in [0.1, 0.15) is 30.9 Å². The van der Waals surface area contributed by atoms with Crippen LogP contribution in [0.15, 0.2) is 48.5 Å². The zero-order chi connectivity index (χ0) is 20.5. The van der Waals surface area contributed by atoms with Crippen molar-refractivity contribution in [2.24, 2.45) is 0 Å². The van der Waals surface area contributed by atoms with Gasteiger partial charge in [0.15, 0.2) is 0 Å². The third-order valence-electron chi connectivity index (χ3n) is 5.42. The Bertz CT molecular complexity index is 767. The largest absolute Gasteiger partial charge is 0.369 e. The molecular formula is C24H34N4O. The molecule has 0 saturated carbocycles. The van der Waals surface area contributed by atoms with E-state index in [-0.39, 0.29) is 5.91 Å². The highest BCUT2D eigenvalue weighted by molar-refractivity contribution is 5.88. The third kappa shape index (κ3) is 7.18. The molecular weight excluding hydrogens is 360 g/mol. The minimum Gasteiger partial charge on any atom is -0.369 e. The number of hydrogen-bond acceptors (Lipinski definition) is 4. The molecule has 2 aromatic carbocycles. The molecule has 0 aromatic heterocycles. The first-order chi connectivity index (χ1) is 14.1. The zero-order valence-corrected chi connectivity index (χ0v) is 17.8. The summed E-state index contributed by atoms with van der Waals surface area (Å²) in [5.74, 6) is -0.0348. The lowest BCUT2D eigenvalue weighted by molar-refractivity contribution is -0.114. The number of piperazine rings is 1. The second-order valence-electron chi connectivity index (χ2n) is 7.93. The minimum atomic E-state index is -0.0348. The highest BCUT2D eigenvalue weighted by Crippen LogP contribution is 2.18. The van der Waals surface area contributed by atoms with E-state index in [1.165, 1.54) is 43.1 Å². The lowest BCUT2D eigenvalue weighted by atomic mass is 10.2. The summed E-state index contributed by atoms with van der Waals surface area (Å²) in [6.07, 6.45) is 2.43. The van der Waals surface area contributed by atoms with Gasteiger partial charge < -0.3 is 15.5 Å². The van der Waals surface area contributed by atoms with Crippen LogP contribution in [0.3, 0.4) is 0 Å². The predicted octanol–water partition coefficient (Wildman–Crippen LogP) is 3.65. The molecule has 5 heteroatoms. The Labute approximate surface area is 175 Å². The Hall–Kier alpha value is -2.37. The molecule has 0 bridgehead atoms. The molecule has 3 rings (SSSR count). The summed E-state index contributed by atoms with van der Waals surface area (Å²) < 4.78 is 0. The van der Waals surface area contributed by atoms with Gasteiger partial charge in [0.2, 0.25) is 5.91 Å². The number of nitrogens with one attached hydrogen (secondary N) is 2. The van der Waals surface area contributed by atoms with Gasteiger partial charge in [0.05, 0.1) is 0 Å². The molecule has 29 heavy (non-hydrogen) atoms. The molecule has 1 aliphatic heterocycles. The van der Waals surface area contributed by atoms with Gasteiger partial charge in [-0.3, -0.25) is 9.69 Å². The Morgan fingerprint density at radius 1 is 1.00 bits per heavy atom. The lowest BCUT2D eigenvalue weighted by Gasteiger charge is -2.36. The molecule has 0 radical (unpaired) electrons. The molecule has 2 N–H and O–H groups in total. The van der Waals surface area contributed by atoms with E-state index in [4.69, 9.17) is 0 Å². The number of anilines is 2. The number of aryl methyl sites for hydroxylation is 1. The van der Waals surface area contributed by atoms with Crippen LogP contribution in [0.4, 0.5) is 11.4 Å². The summed E-state index contributed by atoms with van der Waals surface area (Å²) in [6.45, 7) is 11.3. The van der Waals surface area contributed by atoms with Crippen LogP contribution in [0.5, 0.6) is 0 Å². The predicted molar refractivity (Wildman–Crippen MR) is 122 cm³/mol. The molecule has 5 nitrogen and oxygen atoms in total. The first-order valence-electron chi connectivity index (χ1n) is 10.7. The van der Waals surface area contributed by atoms with Crippen molar-refractivity contribution in [2.75, 3.05) is 49.5 Å². The maximum absolute atomic E-state index is 11.0. The highest BCUT2D eigenvalue weighted by Gasteiger charge is 2.16. The molecule has 0 spiro atoms. The third-order valence-corrected chi connectivity index (χ3v) is 5.42. The van der Waals surface area contributed by atoms with E-state index in [0.717, 1.165) is 45.0 Å². The first-order valence-corrected chi connectivity index (χ1v) is 10.7. The number of benzene rings is 2. The van der Waals surface area contributed by atoms with Crippen molar-refractivity contribution in [3.63, 3.8) is 0 Å². The fourth-order valence-corrected chi connectivity index (χ4v) is 3.78. The number of nitrogens with zero attached hydrogens (tertiary/aromatic N) is 2. The molecule has 1 heterocycles. The fraction of sp³-hybridized carbons (Fsp3) is 0.458. The quantitative estimate of drug-likeness (QED) is 0.638. The number of unbranched alkanes of at least 4 members (excludes halogenated alkanes) is 1. The Morgan fingerprint density at radius 2 is 1.76 bits per heavy atom. The molecule has 1 fully saturated rings. The maximum atomic E-state index is 11.0. The molecule has 156 valence electrons. The van der Waals surface area contributed by atoms with Crippen LogP contribution < -0.4 is 15.5 Å². The topological polar surface area (TPSA) is 47.6 Å². The zero-order valence-electron chi connectivity index (χ0n) is 17.8. The van der Waals surface area contributed by atoms with Crippen molar-refractivity contribution in [1.29, 1.82) is 0 Å². The maximum Gasteiger partial charge on any atom is 0.221 e. The van der Waals surface area contributed by atoms with E-state index >= 15 is 0 Å². The highest BCUT2D eigenvalue weighted by atomic mass is 16.1. The smallest absolute Gasteiger partial charge is 0.221 e. The standard InChI is InChI=1S/C24H34N4O/c1-20-6-5-7-24(18-20)28-16-14-27(15-17-28)13-4-3-12-25-19-22-8-10-23(11-9-22)26-21(2)29/h5-11,18,25H,3-4,12-17,19H2,1-2H3,(H,26,29). The van der Waals surface area contributed by atoms with E-state index in [0.29, 0.717) is 0 Å². The van der Waals surface area contributed by atoms with Crippen LogP contribution in [-0.4, -0.2) is 50.1 Å².